The quantitative estimate of drug-likeness (QED) is 0.559. The summed E-state index contributed by atoms with van der Waals surface area (Å²) in [5.74, 6) is 1.12. The summed E-state index contributed by atoms with van der Waals surface area (Å²) < 4.78 is 2.33. The van der Waals surface area contributed by atoms with E-state index in [9.17, 15) is 0 Å². The van der Waals surface area contributed by atoms with Crippen LogP contribution in [0.1, 0.15) is 11.4 Å². The lowest BCUT2D eigenvalue weighted by Crippen LogP contribution is -3.27. The Labute approximate surface area is 164 Å². The Bertz CT molecular complexity index is 888. The third-order valence-corrected chi connectivity index (χ3v) is 5.75. The zero-order valence-electron chi connectivity index (χ0n) is 15.5. The van der Waals surface area contributed by atoms with E-state index in [1.807, 2.05) is 12.1 Å². The number of halogens is 1. The molecule has 3 N–H and O–H groups in total. The standard InChI is InChI=1S/C21H25ClN4O/c22-18-6-7-20-19(14-18)23-21(26(20)15-17-4-2-1-3-5-17)16-25-10-8-24(9-11-25)12-13-27/h1-7,14,27H,8-13,15-16H2/p+2. The third kappa shape index (κ3) is 4.33. The van der Waals surface area contributed by atoms with E-state index in [0.29, 0.717) is 0 Å². The minimum atomic E-state index is 0.276. The van der Waals surface area contributed by atoms with Crippen molar-refractivity contribution in [2.24, 2.45) is 0 Å². The number of quaternary nitrogens is 2. The molecular weight excluding hydrogens is 360 g/mol. The SMILES string of the molecule is OCC[NH+]1CC[NH+](Cc2nc3cc(Cl)ccc3n2Cc2ccccc2)CC1. The van der Waals surface area contributed by atoms with Crippen LogP contribution in [-0.2, 0) is 13.1 Å². The number of benzene rings is 2. The average molecular weight is 387 g/mol. The molecule has 0 saturated carbocycles. The number of imidazole rings is 1. The molecular formula is C21H27ClN4O+2. The molecule has 2 heterocycles. The van der Waals surface area contributed by atoms with E-state index in [4.69, 9.17) is 21.7 Å². The van der Waals surface area contributed by atoms with Crippen molar-refractivity contribution < 1.29 is 14.9 Å². The van der Waals surface area contributed by atoms with Crippen LogP contribution >= 0.6 is 11.6 Å². The smallest absolute Gasteiger partial charge is 0.165 e. The molecule has 6 heteroatoms. The van der Waals surface area contributed by atoms with Crippen molar-refractivity contribution in [3.8, 4) is 0 Å². The van der Waals surface area contributed by atoms with E-state index in [0.717, 1.165) is 67.7 Å². The van der Waals surface area contributed by atoms with Crippen LogP contribution in [0.4, 0.5) is 0 Å². The fourth-order valence-electron chi connectivity index (χ4n) is 4.00. The number of aliphatic hydroxyl groups is 1. The summed E-state index contributed by atoms with van der Waals surface area (Å²) in [6.45, 7) is 7.34. The van der Waals surface area contributed by atoms with E-state index < -0.39 is 0 Å². The molecule has 2 aromatic carbocycles. The Morgan fingerprint density at radius 2 is 1.74 bits per heavy atom. The van der Waals surface area contributed by atoms with Crippen molar-refractivity contribution in [2.75, 3.05) is 39.3 Å². The second-order valence-electron chi connectivity index (χ2n) is 7.38. The van der Waals surface area contributed by atoms with Gasteiger partial charge in [0, 0.05) is 11.6 Å². The monoisotopic (exact) mass is 386 g/mol. The van der Waals surface area contributed by atoms with Crippen molar-refractivity contribution in [1.82, 2.24) is 9.55 Å². The molecule has 142 valence electrons. The summed E-state index contributed by atoms with van der Waals surface area (Å²) in [6, 6.07) is 16.5. The molecule has 0 radical (unpaired) electrons. The molecule has 1 fully saturated rings. The fraction of sp³-hybridized carbons (Fsp3) is 0.381. The number of hydrogen-bond donors (Lipinski definition) is 3. The van der Waals surface area contributed by atoms with Gasteiger partial charge >= 0.3 is 0 Å². The summed E-state index contributed by atoms with van der Waals surface area (Å²) in [7, 11) is 0. The molecule has 0 spiro atoms. The second-order valence-corrected chi connectivity index (χ2v) is 7.82. The summed E-state index contributed by atoms with van der Waals surface area (Å²) in [5.41, 5.74) is 3.39. The maximum absolute atomic E-state index is 9.15. The van der Waals surface area contributed by atoms with Gasteiger partial charge in [0.05, 0.1) is 17.6 Å². The molecule has 1 aromatic heterocycles. The van der Waals surface area contributed by atoms with Crippen molar-refractivity contribution in [3.05, 3.63) is 64.9 Å². The van der Waals surface area contributed by atoms with E-state index >= 15 is 0 Å². The number of aromatic nitrogens is 2. The molecule has 0 aliphatic carbocycles. The highest BCUT2D eigenvalue weighted by Crippen LogP contribution is 2.21. The topological polar surface area (TPSA) is 46.9 Å². The number of fused-ring (bicyclic) bond motifs is 1. The lowest BCUT2D eigenvalue weighted by atomic mass is 10.2. The van der Waals surface area contributed by atoms with Gasteiger partial charge in [-0.05, 0) is 23.8 Å². The van der Waals surface area contributed by atoms with Crippen LogP contribution in [0.2, 0.25) is 5.02 Å². The Hall–Kier alpha value is -1.92. The zero-order chi connectivity index (χ0) is 18.6. The minimum Gasteiger partial charge on any atom is -0.391 e. The van der Waals surface area contributed by atoms with Crippen LogP contribution in [0.3, 0.4) is 0 Å². The number of rotatable bonds is 6. The molecule has 0 atom stereocenters. The van der Waals surface area contributed by atoms with Crippen LogP contribution in [0.5, 0.6) is 0 Å². The van der Waals surface area contributed by atoms with E-state index in [2.05, 4.69) is 41.0 Å². The maximum Gasteiger partial charge on any atom is 0.165 e. The lowest BCUT2D eigenvalue weighted by molar-refractivity contribution is -1.02. The predicted octanol–water partition coefficient (Wildman–Crippen LogP) is 0.0137. The van der Waals surface area contributed by atoms with Gasteiger partial charge in [0.15, 0.2) is 5.82 Å². The summed E-state index contributed by atoms with van der Waals surface area (Å²) >= 11 is 6.20. The van der Waals surface area contributed by atoms with Gasteiger partial charge < -0.3 is 19.5 Å². The van der Waals surface area contributed by atoms with Gasteiger partial charge in [-0.1, -0.05) is 41.9 Å². The van der Waals surface area contributed by atoms with Gasteiger partial charge in [0.1, 0.15) is 39.3 Å². The number of nitrogens with one attached hydrogen (secondary N) is 2. The minimum absolute atomic E-state index is 0.276. The van der Waals surface area contributed by atoms with Crippen LogP contribution in [0.25, 0.3) is 11.0 Å². The molecule has 4 rings (SSSR count). The largest absolute Gasteiger partial charge is 0.391 e. The Balaban J connectivity index is 1.58. The van der Waals surface area contributed by atoms with Crippen LogP contribution in [-0.4, -0.2) is 54.0 Å². The molecule has 1 aliphatic rings. The van der Waals surface area contributed by atoms with Crippen molar-refractivity contribution >= 4 is 22.6 Å². The van der Waals surface area contributed by atoms with Gasteiger partial charge in [0.2, 0.25) is 0 Å². The van der Waals surface area contributed by atoms with Gasteiger partial charge in [-0.15, -0.1) is 0 Å². The van der Waals surface area contributed by atoms with Crippen molar-refractivity contribution in [1.29, 1.82) is 0 Å². The molecule has 0 unspecified atom stereocenters. The van der Waals surface area contributed by atoms with Gasteiger partial charge in [-0.25, -0.2) is 4.98 Å². The molecule has 0 bridgehead atoms. The first-order chi connectivity index (χ1) is 13.2. The highest BCUT2D eigenvalue weighted by molar-refractivity contribution is 6.31. The summed E-state index contributed by atoms with van der Waals surface area (Å²) in [4.78, 5) is 8.00. The molecule has 0 amide bonds. The highest BCUT2D eigenvalue weighted by Gasteiger charge is 2.24. The average Bonchev–Trinajstić information content (AvgIpc) is 3.00. The fourth-order valence-corrected chi connectivity index (χ4v) is 4.16. The van der Waals surface area contributed by atoms with Crippen LogP contribution in [0, 0.1) is 0 Å². The highest BCUT2D eigenvalue weighted by atomic mass is 35.5. The third-order valence-electron chi connectivity index (χ3n) is 5.51. The number of hydrogen-bond acceptors (Lipinski definition) is 2. The first-order valence-electron chi connectivity index (χ1n) is 9.69. The predicted molar refractivity (Wildman–Crippen MR) is 107 cm³/mol. The van der Waals surface area contributed by atoms with E-state index in [-0.39, 0.29) is 6.61 Å². The molecule has 27 heavy (non-hydrogen) atoms. The number of nitrogens with zero attached hydrogens (tertiary/aromatic N) is 2. The van der Waals surface area contributed by atoms with Gasteiger partial charge in [-0.3, -0.25) is 0 Å². The van der Waals surface area contributed by atoms with Crippen molar-refractivity contribution in [3.63, 3.8) is 0 Å². The molecule has 1 saturated heterocycles. The first kappa shape index (κ1) is 18.4. The zero-order valence-corrected chi connectivity index (χ0v) is 16.3. The Kier molecular flexibility index (Phi) is 5.74. The summed E-state index contributed by atoms with van der Waals surface area (Å²) in [6.07, 6.45) is 0. The van der Waals surface area contributed by atoms with Crippen molar-refractivity contribution in [2.45, 2.75) is 13.1 Å². The Morgan fingerprint density at radius 1 is 1.00 bits per heavy atom. The van der Waals surface area contributed by atoms with Crippen LogP contribution < -0.4 is 9.80 Å². The molecule has 5 nitrogen and oxygen atoms in total. The molecule has 1 aliphatic heterocycles. The lowest BCUT2D eigenvalue weighted by Gasteiger charge is -2.29. The van der Waals surface area contributed by atoms with E-state index in [1.165, 1.54) is 10.5 Å². The second kappa shape index (κ2) is 8.40. The number of piperazine rings is 1. The van der Waals surface area contributed by atoms with Gasteiger partial charge in [0.25, 0.3) is 0 Å². The summed E-state index contributed by atoms with van der Waals surface area (Å²) in [5, 5.41) is 9.88. The first-order valence-corrected chi connectivity index (χ1v) is 10.1. The van der Waals surface area contributed by atoms with Crippen LogP contribution in [0.15, 0.2) is 48.5 Å². The van der Waals surface area contributed by atoms with Gasteiger partial charge in [-0.2, -0.15) is 0 Å². The molecule has 3 aromatic rings. The maximum atomic E-state index is 9.15. The van der Waals surface area contributed by atoms with E-state index in [1.54, 1.807) is 4.90 Å². The normalized spacial score (nSPS) is 20.2. The number of aliphatic hydroxyl groups excluding tert-OH is 1. The Morgan fingerprint density at radius 3 is 2.48 bits per heavy atom.